The van der Waals surface area contributed by atoms with Crippen LogP contribution in [-0.2, 0) is 17.3 Å². The number of anilines is 1. The molecule has 1 atom stereocenters. The van der Waals surface area contributed by atoms with Gasteiger partial charge in [-0.25, -0.2) is 9.78 Å². The van der Waals surface area contributed by atoms with Crippen LogP contribution in [0.15, 0.2) is 60.1 Å². The van der Waals surface area contributed by atoms with Crippen LogP contribution < -0.4 is 5.32 Å². The number of fused-ring (bicyclic) bond motifs is 1. The van der Waals surface area contributed by atoms with E-state index >= 15 is 0 Å². The number of amides is 2. The molecule has 0 radical (unpaired) electrons. The van der Waals surface area contributed by atoms with Gasteiger partial charge in [0.25, 0.3) is 0 Å². The smallest absolute Gasteiger partial charge is 0.376 e. The molecular weight excluding hydrogens is 501 g/mol. The van der Waals surface area contributed by atoms with Crippen LogP contribution in [-0.4, -0.2) is 46.1 Å². The normalized spacial score (nSPS) is 15.8. The summed E-state index contributed by atoms with van der Waals surface area (Å²) in [6.07, 6.45) is -0.0560. The monoisotopic (exact) mass is 528 g/mol. The minimum absolute atomic E-state index is 0.0535. The third kappa shape index (κ3) is 5.97. The number of nitrogens with one attached hydrogen (secondary N) is 1. The van der Waals surface area contributed by atoms with E-state index in [0.29, 0.717) is 31.8 Å². The fourth-order valence-corrected chi connectivity index (χ4v) is 5.28. The second-order valence-corrected chi connectivity index (χ2v) is 10.0. The third-order valence-electron chi connectivity index (χ3n) is 6.47. The quantitative estimate of drug-likeness (QED) is 0.292. The Balaban J connectivity index is 1.30. The van der Waals surface area contributed by atoms with Crippen LogP contribution in [0.3, 0.4) is 0 Å². The molecule has 1 aliphatic rings. The first-order chi connectivity index (χ1) is 17.8. The number of rotatable bonds is 7. The van der Waals surface area contributed by atoms with Crippen LogP contribution in [0.4, 0.5) is 23.7 Å². The number of carbonyl (C=O) groups excluding carboxylic acids is 1. The second kappa shape index (κ2) is 10.5. The van der Waals surface area contributed by atoms with Gasteiger partial charge in [0.15, 0.2) is 4.96 Å². The Kier molecular flexibility index (Phi) is 7.21. The molecule has 2 aromatic heterocycles. The molecule has 2 amide bonds. The van der Waals surface area contributed by atoms with E-state index < -0.39 is 11.7 Å². The molecule has 5 rings (SSSR count). The van der Waals surface area contributed by atoms with Gasteiger partial charge in [-0.1, -0.05) is 29.8 Å². The number of benzene rings is 2. The van der Waals surface area contributed by atoms with Crippen LogP contribution in [0.25, 0.3) is 16.2 Å². The summed E-state index contributed by atoms with van der Waals surface area (Å²) in [5.74, 6) is 0. The number of carbonyl (C=O) groups is 1. The van der Waals surface area contributed by atoms with Gasteiger partial charge in [-0.15, -0.1) is 11.3 Å². The SMILES string of the molecule is Cc1ccc(-c2cn3c(CCN(CC4CCCO4)C(=O)Nc4ccc(C(F)(F)F)cc4)csc3n2)cc1. The number of thiazole rings is 1. The highest BCUT2D eigenvalue weighted by atomic mass is 32.1. The lowest BCUT2D eigenvalue weighted by atomic mass is 10.1. The van der Waals surface area contributed by atoms with Gasteiger partial charge in [0.05, 0.1) is 17.4 Å². The van der Waals surface area contributed by atoms with E-state index in [1.54, 1.807) is 16.2 Å². The van der Waals surface area contributed by atoms with E-state index in [0.717, 1.165) is 46.9 Å². The lowest BCUT2D eigenvalue weighted by molar-refractivity contribution is -0.137. The summed E-state index contributed by atoms with van der Waals surface area (Å²) in [5.41, 5.74) is 3.71. The molecule has 1 fully saturated rings. The molecule has 0 saturated carbocycles. The average molecular weight is 529 g/mol. The van der Waals surface area contributed by atoms with Gasteiger partial charge < -0.3 is 15.0 Å². The minimum atomic E-state index is -4.42. The van der Waals surface area contributed by atoms with Gasteiger partial charge in [0.2, 0.25) is 0 Å². The lowest BCUT2D eigenvalue weighted by Crippen LogP contribution is -2.41. The maximum absolute atomic E-state index is 13.1. The molecule has 0 bridgehead atoms. The van der Waals surface area contributed by atoms with Gasteiger partial charge in [-0.3, -0.25) is 4.40 Å². The first kappa shape index (κ1) is 25.3. The van der Waals surface area contributed by atoms with E-state index in [1.807, 2.05) is 18.5 Å². The van der Waals surface area contributed by atoms with Crippen molar-refractivity contribution in [1.82, 2.24) is 14.3 Å². The number of ether oxygens (including phenoxy) is 1. The van der Waals surface area contributed by atoms with Crippen LogP contribution >= 0.6 is 11.3 Å². The summed E-state index contributed by atoms with van der Waals surface area (Å²) in [7, 11) is 0. The maximum atomic E-state index is 13.1. The molecule has 1 aliphatic heterocycles. The Morgan fingerprint density at radius 2 is 1.95 bits per heavy atom. The Hall–Kier alpha value is -3.37. The van der Waals surface area contributed by atoms with Gasteiger partial charge in [0, 0.05) is 54.6 Å². The van der Waals surface area contributed by atoms with Crippen LogP contribution in [0.2, 0.25) is 0 Å². The maximum Gasteiger partial charge on any atom is 0.416 e. The molecule has 4 aromatic rings. The summed E-state index contributed by atoms with van der Waals surface area (Å²) in [6, 6.07) is 12.3. The second-order valence-electron chi connectivity index (χ2n) is 9.21. The molecule has 10 heteroatoms. The molecule has 1 N–H and O–H groups in total. The number of urea groups is 1. The van der Waals surface area contributed by atoms with Crippen molar-refractivity contribution in [1.29, 1.82) is 0 Å². The topological polar surface area (TPSA) is 58.9 Å². The van der Waals surface area contributed by atoms with Crippen molar-refractivity contribution < 1.29 is 22.7 Å². The first-order valence-electron chi connectivity index (χ1n) is 12.1. The van der Waals surface area contributed by atoms with Crippen molar-refractivity contribution in [2.45, 2.75) is 38.5 Å². The lowest BCUT2D eigenvalue weighted by Gasteiger charge is -2.26. The Morgan fingerprint density at radius 3 is 2.62 bits per heavy atom. The number of hydrogen-bond donors (Lipinski definition) is 1. The Bertz CT molecular complexity index is 1360. The summed E-state index contributed by atoms with van der Waals surface area (Å²) < 4.78 is 46.4. The molecular formula is C27H27F3N4O2S. The van der Waals surface area contributed by atoms with E-state index in [9.17, 15) is 18.0 Å². The molecule has 3 heterocycles. The van der Waals surface area contributed by atoms with Crippen molar-refractivity contribution >= 4 is 28.0 Å². The zero-order valence-corrected chi connectivity index (χ0v) is 21.1. The first-order valence-corrected chi connectivity index (χ1v) is 13.0. The Morgan fingerprint density at radius 1 is 1.19 bits per heavy atom. The molecule has 0 aliphatic carbocycles. The van der Waals surface area contributed by atoms with E-state index in [4.69, 9.17) is 9.72 Å². The van der Waals surface area contributed by atoms with Gasteiger partial charge in [-0.2, -0.15) is 13.2 Å². The van der Waals surface area contributed by atoms with Crippen molar-refractivity contribution in [3.05, 3.63) is 76.9 Å². The van der Waals surface area contributed by atoms with E-state index in [1.165, 1.54) is 17.7 Å². The molecule has 1 unspecified atom stereocenters. The van der Waals surface area contributed by atoms with Crippen molar-refractivity contribution in [3.63, 3.8) is 0 Å². The number of hydrogen-bond acceptors (Lipinski definition) is 4. The number of imidazole rings is 1. The molecule has 194 valence electrons. The third-order valence-corrected chi connectivity index (χ3v) is 7.36. The number of aryl methyl sites for hydroxylation is 1. The molecule has 0 spiro atoms. The van der Waals surface area contributed by atoms with Crippen LogP contribution in [0.5, 0.6) is 0 Å². The summed E-state index contributed by atoms with van der Waals surface area (Å²) in [6.45, 7) is 3.55. The standard InChI is InChI=1S/C27H27F3N4O2S/c1-18-4-6-19(7-5-18)24-16-34-22(17-37-26(34)32-24)12-13-33(15-23-3-2-14-36-23)25(35)31-21-10-8-20(9-11-21)27(28,29)30/h4-11,16-17,23H,2-3,12-15H2,1H3,(H,31,35). The van der Waals surface area contributed by atoms with E-state index in [2.05, 4.69) is 34.0 Å². The fraction of sp³-hybridized carbons (Fsp3) is 0.333. The summed E-state index contributed by atoms with van der Waals surface area (Å²) in [5, 5.41) is 4.78. The summed E-state index contributed by atoms with van der Waals surface area (Å²) in [4.78, 5) is 20.4. The van der Waals surface area contributed by atoms with Gasteiger partial charge in [-0.05, 0) is 44.0 Å². The number of aromatic nitrogens is 2. The van der Waals surface area contributed by atoms with E-state index in [-0.39, 0.29) is 12.1 Å². The van der Waals surface area contributed by atoms with Crippen molar-refractivity contribution in [2.75, 3.05) is 25.0 Å². The van der Waals surface area contributed by atoms with Crippen molar-refractivity contribution in [2.24, 2.45) is 0 Å². The molecule has 6 nitrogen and oxygen atoms in total. The number of alkyl halides is 3. The average Bonchev–Trinajstić information content (AvgIpc) is 3.60. The van der Waals surface area contributed by atoms with Crippen molar-refractivity contribution in [3.8, 4) is 11.3 Å². The fourth-order valence-electron chi connectivity index (χ4n) is 4.38. The minimum Gasteiger partial charge on any atom is -0.376 e. The van der Waals surface area contributed by atoms with Crippen LogP contribution in [0, 0.1) is 6.92 Å². The molecule has 2 aromatic carbocycles. The predicted octanol–water partition coefficient (Wildman–Crippen LogP) is 6.65. The number of halogens is 3. The largest absolute Gasteiger partial charge is 0.416 e. The zero-order chi connectivity index (χ0) is 26.0. The molecule has 37 heavy (non-hydrogen) atoms. The molecule has 1 saturated heterocycles. The highest BCUT2D eigenvalue weighted by Crippen LogP contribution is 2.30. The zero-order valence-electron chi connectivity index (χ0n) is 20.3. The van der Waals surface area contributed by atoms with Gasteiger partial charge in [0.1, 0.15) is 0 Å². The highest BCUT2D eigenvalue weighted by Gasteiger charge is 2.30. The Labute approximate surface area is 216 Å². The predicted molar refractivity (Wildman–Crippen MR) is 138 cm³/mol. The number of nitrogens with zero attached hydrogens (tertiary/aromatic N) is 3. The van der Waals surface area contributed by atoms with Crippen LogP contribution in [0.1, 0.15) is 29.7 Å². The highest BCUT2D eigenvalue weighted by molar-refractivity contribution is 7.15. The van der Waals surface area contributed by atoms with Gasteiger partial charge >= 0.3 is 12.2 Å². The summed E-state index contributed by atoms with van der Waals surface area (Å²) >= 11 is 1.55.